The van der Waals surface area contributed by atoms with Crippen molar-refractivity contribution in [1.82, 2.24) is 4.98 Å². The first kappa shape index (κ1) is 16.0. The molecular formula is C18H11ClFNO3. The third-order valence-electron chi connectivity index (χ3n) is 3.27. The predicted molar refractivity (Wildman–Crippen MR) is 88.1 cm³/mol. The van der Waals surface area contributed by atoms with Crippen LogP contribution < -0.4 is 4.74 Å². The summed E-state index contributed by atoms with van der Waals surface area (Å²) >= 11 is 6.04. The van der Waals surface area contributed by atoms with Gasteiger partial charge in [0.1, 0.15) is 17.1 Å². The number of aromatic carboxylic acids is 1. The molecule has 0 aliphatic heterocycles. The second-order valence-electron chi connectivity index (χ2n) is 4.89. The lowest BCUT2D eigenvalue weighted by molar-refractivity contribution is 0.0693. The molecule has 0 aliphatic carbocycles. The van der Waals surface area contributed by atoms with Crippen molar-refractivity contribution < 1.29 is 19.0 Å². The summed E-state index contributed by atoms with van der Waals surface area (Å²) < 4.78 is 18.6. The van der Waals surface area contributed by atoms with Crippen molar-refractivity contribution in [2.75, 3.05) is 0 Å². The van der Waals surface area contributed by atoms with Crippen LogP contribution in [0.5, 0.6) is 11.6 Å². The van der Waals surface area contributed by atoms with E-state index in [1.54, 1.807) is 36.4 Å². The van der Waals surface area contributed by atoms with Crippen LogP contribution in [0, 0.1) is 5.82 Å². The third-order valence-corrected chi connectivity index (χ3v) is 3.59. The van der Waals surface area contributed by atoms with Crippen molar-refractivity contribution in [3.63, 3.8) is 0 Å². The number of halogens is 2. The minimum atomic E-state index is -1.17. The van der Waals surface area contributed by atoms with Gasteiger partial charge in [0.2, 0.25) is 5.88 Å². The first-order chi connectivity index (χ1) is 11.5. The first-order valence-electron chi connectivity index (χ1n) is 6.97. The Balaban J connectivity index is 2.05. The van der Waals surface area contributed by atoms with Crippen molar-refractivity contribution in [1.29, 1.82) is 0 Å². The molecule has 120 valence electrons. The van der Waals surface area contributed by atoms with Crippen LogP contribution in [0.2, 0.25) is 5.02 Å². The topological polar surface area (TPSA) is 59.4 Å². The molecule has 0 atom stereocenters. The van der Waals surface area contributed by atoms with Gasteiger partial charge in [-0.2, -0.15) is 0 Å². The number of hydrogen-bond acceptors (Lipinski definition) is 3. The zero-order valence-corrected chi connectivity index (χ0v) is 13.0. The minimum absolute atomic E-state index is 0.0857. The molecule has 0 radical (unpaired) electrons. The zero-order valence-electron chi connectivity index (χ0n) is 12.2. The predicted octanol–water partition coefficient (Wildman–Crippen LogP) is 5.03. The Labute approximate surface area is 142 Å². The van der Waals surface area contributed by atoms with Gasteiger partial charge in [0.25, 0.3) is 0 Å². The molecule has 1 aromatic heterocycles. The molecule has 4 nitrogen and oxygen atoms in total. The maximum atomic E-state index is 13.0. The molecule has 0 unspecified atom stereocenters. The standard InChI is InChI=1S/C18H11ClFNO3/c19-14-3-1-2-4-16(14)24-17-13(18(22)23)9-10-15(21-17)11-5-7-12(20)8-6-11/h1-10H,(H,22,23). The van der Waals surface area contributed by atoms with Gasteiger partial charge in [0, 0.05) is 5.56 Å². The molecular weight excluding hydrogens is 333 g/mol. The van der Waals surface area contributed by atoms with Crippen LogP contribution in [0.15, 0.2) is 60.7 Å². The van der Waals surface area contributed by atoms with Gasteiger partial charge in [-0.05, 0) is 48.5 Å². The summed E-state index contributed by atoms with van der Waals surface area (Å²) in [6.45, 7) is 0. The van der Waals surface area contributed by atoms with Crippen LogP contribution in [0.3, 0.4) is 0 Å². The van der Waals surface area contributed by atoms with E-state index < -0.39 is 5.97 Å². The number of carboxylic acid groups (broad SMARTS) is 1. The average Bonchev–Trinajstić information content (AvgIpc) is 2.57. The van der Waals surface area contributed by atoms with Crippen LogP contribution in [-0.2, 0) is 0 Å². The summed E-state index contributed by atoms with van der Waals surface area (Å²) in [7, 11) is 0. The number of carboxylic acids is 1. The highest BCUT2D eigenvalue weighted by atomic mass is 35.5. The van der Waals surface area contributed by atoms with Gasteiger partial charge in [-0.1, -0.05) is 23.7 Å². The van der Waals surface area contributed by atoms with E-state index >= 15 is 0 Å². The molecule has 0 fully saturated rings. The van der Waals surface area contributed by atoms with Gasteiger partial charge in [-0.15, -0.1) is 0 Å². The molecule has 1 N–H and O–H groups in total. The van der Waals surface area contributed by atoms with Crippen molar-refractivity contribution >= 4 is 17.6 Å². The fourth-order valence-corrected chi connectivity index (χ4v) is 2.27. The Hall–Kier alpha value is -2.92. The van der Waals surface area contributed by atoms with Crippen LogP contribution in [0.4, 0.5) is 4.39 Å². The number of rotatable bonds is 4. The van der Waals surface area contributed by atoms with E-state index in [1.807, 2.05) is 0 Å². The Morgan fingerprint density at radius 3 is 2.42 bits per heavy atom. The average molecular weight is 344 g/mol. The number of nitrogens with zero attached hydrogens (tertiary/aromatic N) is 1. The van der Waals surface area contributed by atoms with E-state index in [-0.39, 0.29) is 17.3 Å². The van der Waals surface area contributed by atoms with Crippen molar-refractivity contribution in [2.24, 2.45) is 0 Å². The number of benzene rings is 2. The van der Waals surface area contributed by atoms with Crippen LogP contribution >= 0.6 is 11.6 Å². The second kappa shape index (κ2) is 6.68. The zero-order chi connectivity index (χ0) is 17.1. The molecule has 0 bridgehead atoms. The van der Waals surface area contributed by atoms with E-state index in [2.05, 4.69) is 4.98 Å². The van der Waals surface area contributed by atoms with Crippen molar-refractivity contribution in [3.05, 3.63) is 77.1 Å². The second-order valence-corrected chi connectivity index (χ2v) is 5.30. The maximum absolute atomic E-state index is 13.0. The number of ether oxygens (including phenoxy) is 1. The lowest BCUT2D eigenvalue weighted by Gasteiger charge is -2.11. The van der Waals surface area contributed by atoms with E-state index in [9.17, 15) is 14.3 Å². The van der Waals surface area contributed by atoms with Gasteiger partial charge in [-0.3, -0.25) is 0 Å². The Morgan fingerprint density at radius 1 is 1.04 bits per heavy atom. The molecule has 3 aromatic rings. The summed E-state index contributed by atoms with van der Waals surface area (Å²) in [6, 6.07) is 15.3. The fraction of sp³-hybridized carbons (Fsp3) is 0. The molecule has 3 rings (SSSR count). The summed E-state index contributed by atoms with van der Waals surface area (Å²) in [5.74, 6) is -1.33. The van der Waals surface area contributed by atoms with E-state index in [0.717, 1.165) is 0 Å². The highest BCUT2D eigenvalue weighted by molar-refractivity contribution is 6.32. The van der Waals surface area contributed by atoms with E-state index in [4.69, 9.17) is 16.3 Å². The smallest absolute Gasteiger partial charge is 0.341 e. The van der Waals surface area contributed by atoms with Gasteiger partial charge in [-0.25, -0.2) is 14.2 Å². The van der Waals surface area contributed by atoms with Crippen molar-refractivity contribution in [3.8, 4) is 22.9 Å². The number of carbonyl (C=O) groups is 1. The third kappa shape index (κ3) is 3.36. The fourth-order valence-electron chi connectivity index (χ4n) is 2.09. The van der Waals surface area contributed by atoms with Gasteiger partial charge in [0.05, 0.1) is 10.7 Å². The number of aromatic nitrogens is 1. The highest BCUT2D eigenvalue weighted by Gasteiger charge is 2.16. The Bertz CT molecular complexity index is 897. The van der Waals surface area contributed by atoms with E-state index in [0.29, 0.717) is 22.0 Å². The Morgan fingerprint density at radius 2 is 1.75 bits per heavy atom. The van der Waals surface area contributed by atoms with Gasteiger partial charge in [0.15, 0.2) is 0 Å². The number of pyridine rings is 1. The van der Waals surface area contributed by atoms with Crippen molar-refractivity contribution in [2.45, 2.75) is 0 Å². The van der Waals surface area contributed by atoms with Gasteiger partial charge >= 0.3 is 5.97 Å². The highest BCUT2D eigenvalue weighted by Crippen LogP contribution is 2.31. The number of hydrogen-bond donors (Lipinski definition) is 1. The normalized spacial score (nSPS) is 10.4. The Kier molecular flexibility index (Phi) is 4.44. The van der Waals surface area contributed by atoms with Gasteiger partial charge < -0.3 is 9.84 Å². The summed E-state index contributed by atoms with van der Waals surface area (Å²) in [4.78, 5) is 15.6. The quantitative estimate of drug-likeness (QED) is 0.721. The van der Waals surface area contributed by atoms with Crippen LogP contribution in [-0.4, -0.2) is 16.1 Å². The SMILES string of the molecule is O=C(O)c1ccc(-c2ccc(F)cc2)nc1Oc1ccccc1Cl. The molecule has 0 spiro atoms. The molecule has 0 aliphatic rings. The lowest BCUT2D eigenvalue weighted by Crippen LogP contribution is -2.03. The molecule has 0 amide bonds. The molecule has 2 aromatic carbocycles. The molecule has 6 heteroatoms. The van der Waals surface area contributed by atoms with Crippen LogP contribution in [0.1, 0.15) is 10.4 Å². The molecule has 1 heterocycles. The van der Waals surface area contributed by atoms with Crippen LogP contribution in [0.25, 0.3) is 11.3 Å². The van der Waals surface area contributed by atoms with E-state index in [1.165, 1.54) is 24.3 Å². The maximum Gasteiger partial charge on any atom is 0.341 e. The molecule has 24 heavy (non-hydrogen) atoms. The minimum Gasteiger partial charge on any atom is -0.477 e. The monoisotopic (exact) mass is 343 g/mol. The number of para-hydroxylation sites is 1. The lowest BCUT2D eigenvalue weighted by atomic mass is 10.1. The largest absolute Gasteiger partial charge is 0.477 e. The summed E-state index contributed by atoms with van der Waals surface area (Å²) in [5.41, 5.74) is 1.00. The molecule has 0 saturated carbocycles. The first-order valence-corrected chi connectivity index (χ1v) is 7.35. The summed E-state index contributed by atoms with van der Waals surface area (Å²) in [5, 5.41) is 9.64. The summed E-state index contributed by atoms with van der Waals surface area (Å²) in [6.07, 6.45) is 0. The molecule has 0 saturated heterocycles.